The summed E-state index contributed by atoms with van der Waals surface area (Å²) in [6, 6.07) is 5.62. The number of nitrogens with zero attached hydrogens (tertiary/aromatic N) is 2. The van der Waals surface area contributed by atoms with Crippen LogP contribution in [0.5, 0.6) is 11.5 Å². The Bertz CT molecular complexity index is 767. The minimum absolute atomic E-state index is 0.236. The first-order valence-corrected chi connectivity index (χ1v) is 6.75. The van der Waals surface area contributed by atoms with Gasteiger partial charge in [-0.3, -0.25) is 4.98 Å². The van der Waals surface area contributed by atoms with Crippen molar-refractivity contribution in [1.29, 1.82) is 0 Å². The van der Waals surface area contributed by atoms with E-state index in [1.807, 2.05) is 18.2 Å². The van der Waals surface area contributed by atoms with Crippen LogP contribution in [0, 0.1) is 0 Å². The molecule has 4 rings (SSSR count). The van der Waals surface area contributed by atoms with Crippen LogP contribution in [-0.4, -0.2) is 16.9 Å². The molecule has 0 atom stereocenters. The van der Waals surface area contributed by atoms with Gasteiger partial charge < -0.3 is 19.7 Å². The highest BCUT2D eigenvalue weighted by molar-refractivity contribution is 7.13. The molecule has 100 valence electrons. The van der Waals surface area contributed by atoms with Gasteiger partial charge in [-0.1, -0.05) is 11.2 Å². The van der Waals surface area contributed by atoms with Crippen LogP contribution in [-0.2, 0) is 0 Å². The molecule has 0 spiro atoms. The van der Waals surface area contributed by atoms with Crippen LogP contribution >= 0.6 is 11.3 Å². The molecule has 2 N–H and O–H groups in total. The van der Waals surface area contributed by atoms with Gasteiger partial charge in [-0.15, -0.1) is 11.3 Å². The second-order valence-electron chi connectivity index (χ2n) is 4.20. The van der Waals surface area contributed by atoms with Crippen LogP contribution < -0.4 is 15.2 Å². The number of nitrogens with two attached hydrogens (primary N) is 1. The number of benzene rings is 1. The van der Waals surface area contributed by atoms with Crippen molar-refractivity contribution in [1.82, 2.24) is 10.1 Å². The normalized spacial score (nSPS) is 12.8. The van der Waals surface area contributed by atoms with E-state index in [9.17, 15) is 0 Å². The molecule has 1 aliphatic heterocycles. The second-order valence-corrected chi connectivity index (χ2v) is 5.09. The molecule has 0 saturated carbocycles. The molecule has 0 radical (unpaired) electrons. The fraction of sp³-hybridized carbons (Fsp3) is 0.0769. The minimum atomic E-state index is 0.236. The third-order valence-corrected chi connectivity index (χ3v) is 3.83. The Balaban J connectivity index is 1.88. The summed E-state index contributed by atoms with van der Waals surface area (Å²) in [6.45, 7) is 0.236. The van der Waals surface area contributed by atoms with Crippen LogP contribution in [0.25, 0.3) is 21.7 Å². The molecule has 6 nitrogen and oxygen atoms in total. The van der Waals surface area contributed by atoms with Gasteiger partial charge in [0.05, 0.1) is 16.0 Å². The molecule has 3 heterocycles. The van der Waals surface area contributed by atoms with Gasteiger partial charge in [0.1, 0.15) is 5.69 Å². The highest BCUT2D eigenvalue weighted by Crippen LogP contribution is 2.41. The standard InChI is InChI=1S/C13H9N3O3S/c14-13-11(12(16-19-13)10-4-15-5-20-10)7-1-2-8-9(3-7)18-6-17-8/h1-5H,6,14H2. The van der Waals surface area contributed by atoms with Gasteiger partial charge in [0.2, 0.25) is 12.7 Å². The Morgan fingerprint density at radius 1 is 1.20 bits per heavy atom. The summed E-state index contributed by atoms with van der Waals surface area (Å²) in [7, 11) is 0. The van der Waals surface area contributed by atoms with E-state index in [1.54, 1.807) is 11.7 Å². The van der Waals surface area contributed by atoms with Gasteiger partial charge in [0.15, 0.2) is 11.5 Å². The lowest BCUT2D eigenvalue weighted by atomic mass is 10.0. The number of aromatic nitrogens is 2. The second kappa shape index (κ2) is 4.24. The van der Waals surface area contributed by atoms with Crippen molar-refractivity contribution in [3.63, 3.8) is 0 Å². The van der Waals surface area contributed by atoms with Crippen molar-refractivity contribution in [3.8, 4) is 33.2 Å². The molecule has 0 fully saturated rings. The van der Waals surface area contributed by atoms with E-state index in [1.165, 1.54) is 11.3 Å². The van der Waals surface area contributed by atoms with Crippen molar-refractivity contribution >= 4 is 17.2 Å². The number of ether oxygens (including phenoxy) is 2. The Kier molecular flexibility index (Phi) is 2.40. The summed E-state index contributed by atoms with van der Waals surface area (Å²) in [5.41, 5.74) is 9.95. The van der Waals surface area contributed by atoms with Gasteiger partial charge in [-0.05, 0) is 17.7 Å². The number of hydrogen-bond donors (Lipinski definition) is 1. The number of anilines is 1. The average molecular weight is 287 g/mol. The zero-order valence-electron chi connectivity index (χ0n) is 10.2. The Hall–Kier alpha value is -2.54. The number of hydrogen-bond acceptors (Lipinski definition) is 7. The summed E-state index contributed by atoms with van der Waals surface area (Å²) in [4.78, 5) is 4.95. The highest BCUT2D eigenvalue weighted by atomic mass is 32.1. The maximum absolute atomic E-state index is 5.91. The van der Waals surface area contributed by atoms with Crippen molar-refractivity contribution < 1.29 is 14.0 Å². The predicted molar refractivity (Wildman–Crippen MR) is 73.6 cm³/mol. The molecule has 0 amide bonds. The zero-order chi connectivity index (χ0) is 13.5. The topological polar surface area (TPSA) is 83.4 Å². The Morgan fingerprint density at radius 3 is 2.95 bits per heavy atom. The van der Waals surface area contributed by atoms with Crippen molar-refractivity contribution in [2.45, 2.75) is 0 Å². The van der Waals surface area contributed by atoms with E-state index in [0.29, 0.717) is 11.4 Å². The van der Waals surface area contributed by atoms with E-state index in [0.717, 1.165) is 21.8 Å². The fourth-order valence-electron chi connectivity index (χ4n) is 2.13. The summed E-state index contributed by atoms with van der Waals surface area (Å²) >= 11 is 1.48. The molecule has 0 aliphatic carbocycles. The van der Waals surface area contributed by atoms with Gasteiger partial charge >= 0.3 is 0 Å². The number of rotatable bonds is 2. The lowest BCUT2D eigenvalue weighted by Crippen LogP contribution is -1.92. The molecule has 0 unspecified atom stereocenters. The predicted octanol–water partition coefficient (Wildman–Crippen LogP) is 2.78. The number of nitrogen functional groups attached to an aromatic ring is 1. The van der Waals surface area contributed by atoms with Gasteiger partial charge in [0.25, 0.3) is 0 Å². The van der Waals surface area contributed by atoms with Gasteiger partial charge in [-0.2, -0.15) is 0 Å². The van der Waals surface area contributed by atoms with Crippen molar-refractivity contribution in [3.05, 3.63) is 29.9 Å². The molecule has 7 heteroatoms. The summed E-state index contributed by atoms with van der Waals surface area (Å²) in [6.07, 6.45) is 1.73. The van der Waals surface area contributed by atoms with E-state index in [-0.39, 0.29) is 12.7 Å². The minimum Gasteiger partial charge on any atom is -0.454 e. The molecule has 1 aromatic carbocycles. The van der Waals surface area contributed by atoms with Crippen LogP contribution in [0.4, 0.5) is 5.88 Å². The first kappa shape index (κ1) is 11.3. The van der Waals surface area contributed by atoms with E-state index >= 15 is 0 Å². The summed E-state index contributed by atoms with van der Waals surface area (Å²) in [5.74, 6) is 1.69. The lowest BCUT2D eigenvalue weighted by Gasteiger charge is -2.02. The maximum atomic E-state index is 5.91. The first-order chi connectivity index (χ1) is 9.83. The largest absolute Gasteiger partial charge is 0.454 e. The van der Waals surface area contributed by atoms with Gasteiger partial charge in [0, 0.05) is 6.20 Å². The summed E-state index contributed by atoms with van der Waals surface area (Å²) in [5, 5.41) is 4.03. The Labute approximate surface area is 117 Å². The van der Waals surface area contributed by atoms with E-state index in [4.69, 9.17) is 19.7 Å². The molecule has 2 aromatic heterocycles. The zero-order valence-corrected chi connectivity index (χ0v) is 11.0. The van der Waals surface area contributed by atoms with Crippen molar-refractivity contribution in [2.75, 3.05) is 12.5 Å². The molecule has 1 aliphatic rings. The van der Waals surface area contributed by atoms with Crippen LogP contribution in [0.15, 0.2) is 34.4 Å². The quantitative estimate of drug-likeness (QED) is 0.780. The fourth-order valence-corrected chi connectivity index (χ4v) is 2.74. The average Bonchev–Trinajstić information content (AvgIpc) is 3.17. The summed E-state index contributed by atoms with van der Waals surface area (Å²) < 4.78 is 15.8. The van der Waals surface area contributed by atoms with E-state index < -0.39 is 0 Å². The van der Waals surface area contributed by atoms with E-state index in [2.05, 4.69) is 10.1 Å². The monoisotopic (exact) mass is 287 g/mol. The molecule has 0 bridgehead atoms. The molecular weight excluding hydrogens is 278 g/mol. The highest BCUT2D eigenvalue weighted by Gasteiger charge is 2.21. The van der Waals surface area contributed by atoms with Crippen molar-refractivity contribution in [2.24, 2.45) is 0 Å². The maximum Gasteiger partial charge on any atom is 0.231 e. The smallest absolute Gasteiger partial charge is 0.231 e. The third kappa shape index (κ3) is 1.64. The third-order valence-electron chi connectivity index (χ3n) is 3.05. The van der Waals surface area contributed by atoms with Crippen LogP contribution in [0.3, 0.4) is 0 Å². The van der Waals surface area contributed by atoms with Gasteiger partial charge in [-0.25, -0.2) is 0 Å². The molecular formula is C13H9N3O3S. The number of thiazole rings is 1. The molecule has 0 saturated heterocycles. The SMILES string of the molecule is Nc1onc(-c2cncs2)c1-c1ccc2c(c1)OCO2. The van der Waals surface area contributed by atoms with Crippen LogP contribution in [0.1, 0.15) is 0 Å². The Morgan fingerprint density at radius 2 is 2.10 bits per heavy atom. The first-order valence-electron chi connectivity index (χ1n) is 5.87. The molecule has 3 aromatic rings. The molecule has 20 heavy (non-hydrogen) atoms. The van der Waals surface area contributed by atoms with Crippen LogP contribution in [0.2, 0.25) is 0 Å². The lowest BCUT2D eigenvalue weighted by molar-refractivity contribution is 0.174. The number of fused-ring (bicyclic) bond motifs is 1.